The minimum absolute atomic E-state index is 0.241. The summed E-state index contributed by atoms with van der Waals surface area (Å²) in [6, 6.07) is 16.3. The molecule has 0 aliphatic rings. The van der Waals surface area contributed by atoms with Crippen LogP contribution >= 0.6 is 0 Å². The summed E-state index contributed by atoms with van der Waals surface area (Å²) in [5.41, 5.74) is 2.56. The monoisotopic (exact) mass is 332 g/mol. The first-order chi connectivity index (χ1) is 10.9. The lowest BCUT2D eigenvalue weighted by molar-refractivity contribution is -0.119. The van der Waals surface area contributed by atoms with Crippen molar-refractivity contribution < 1.29 is 13.2 Å². The third kappa shape index (κ3) is 4.82. The summed E-state index contributed by atoms with van der Waals surface area (Å²) in [7, 11) is -3.53. The summed E-state index contributed by atoms with van der Waals surface area (Å²) in [5, 5.41) is 2.77. The number of benzene rings is 2. The highest BCUT2D eigenvalue weighted by Gasteiger charge is 2.20. The van der Waals surface area contributed by atoms with Crippen molar-refractivity contribution in [3.8, 4) is 0 Å². The SMILES string of the molecule is Cc1ccccc1CNC(=O)CN(c1ccccc1)S(C)(=O)=O. The molecule has 0 radical (unpaired) electrons. The van der Waals surface area contributed by atoms with Gasteiger partial charge in [-0.25, -0.2) is 8.42 Å². The molecular formula is C17H20N2O3S. The molecule has 2 aromatic carbocycles. The molecule has 2 rings (SSSR count). The van der Waals surface area contributed by atoms with Crippen LogP contribution in [0, 0.1) is 6.92 Å². The van der Waals surface area contributed by atoms with Crippen molar-refractivity contribution >= 4 is 21.6 Å². The van der Waals surface area contributed by atoms with E-state index in [1.165, 1.54) is 0 Å². The number of hydrogen-bond acceptors (Lipinski definition) is 3. The maximum absolute atomic E-state index is 12.1. The molecule has 6 heteroatoms. The van der Waals surface area contributed by atoms with E-state index in [0.717, 1.165) is 21.7 Å². The standard InChI is InChI=1S/C17H20N2O3S/c1-14-8-6-7-9-15(14)12-18-17(20)13-19(23(2,21)22)16-10-4-3-5-11-16/h3-11H,12-13H2,1-2H3,(H,18,20). The number of anilines is 1. The van der Waals surface area contributed by atoms with Gasteiger partial charge in [0.25, 0.3) is 0 Å². The fourth-order valence-corrected chi connectivity index (χ4v) is 3.04. The van der Waals surface area contributed by atoms with Gasteiger partial charge in [-0.05, 0) is 30.2 Å². The zero-order valence-electron chi connectivity index (χ0n) is 13.2. The maximum Gasteiger partial charge on any atom is 0.241 e. The van der Waals surface area contributed by atoms with Crippen molar-refractivity contribution in [2.75, 3.05) is 17.1 Å². The van der Waals surface area contributed by atoms with Crippen molar-refractivity contribution in [2.24, 2.45) is 0 Å². The van der Waals surface area contributed by atoms with Crippen LogP contribution in [0.2, 0.25) is 0 Å². The molecular weight excluding hydrogens is 312 g/mol. The average Bonchev–Trinajstić information content (AvgIpc) is 2.51. The van der Waals surface area contributed by atoms with Gasteiger partial charge in [0.15, 0.2) is 0 Å². The Hall–Kier alpha value is -2.34. The third-order valence-electron chi connectivity index (χ3n) is 3.47. The summed E-state index contributed by atoms with van der Waals surface area (Å²) in [4.78, 5) is 12.1. The second-order valence-electron chi connectivity index (χ2n) is 5.31. The molecule has 0 aliphatic heterocycles. The Morgan fingerprint density at radius 2 is 1.65 bits per heavy atom. The van der Waals surface area contributed by atoms with Gasteiger partial charge >= 0.3 is 0 Å². The van der Waals surface area contributed by atoms with Crippen molar-refractivity contribution in [3.63, 3.8) is 0 Å². The molecule has 0 atom stereocenters. The smallest absolute Gasteiger partial charge is 0.241 e. The van der Waals surface area contributed by atoms with Crippen molar-refractivity contribution in [3.05, 3.63) is 65.7 Å². The number of sulfonamides is 1. The van der Waals surface area contributed by atoms with Gasteiger partial charge in [-0.2, -0.15) is 0 Å². The van der Waals surface area contributed by atoms with Crippen LogP contribution in [0.1, 0.15) is 11.1 Å². The summed E-state index contributed by atoms with van der Waals surface area (Å²) in [6.45, 7) is 2.10. The van der Waals surface area contributed by atoms with Gasteiger partial charge < -0.3 is 5.32 Å². The first-order valence-electron chi connectivity index (χ1n) is 7.22. The fourth-order valence-electron chi connectivity index (χ4n) is 2.18. The number of amides is 1. The maximum atomic E-state index is 12.1. The zero-order chi connectivity index (χ0) is 16.9. The van der Waals surface area contributed by atoms with Gasteiger partial charge in [0.1, 0.15) is 6.54 Å². The summed E-state index contributed by atoms with van der Waals surface area (Å²) < 4.78 is 25.0. The lowest BCUT2D eigenvalue weighted by atomic mass is 10.1. The van der Waals surface area contributed by atoms with Crippen LogP contribution in [0.15, 0.2) is 54.6 Å². The van der Waals surface area contributed by atoms with Gasteiger partial charge in [-0.3, -0.25) is 9.10 Å². The van der Waals surface area contributed by atoms with E-state index >= 15 is 0 Å². The number of hydrogen-bond donors (Lipinski definition) is 1. The topological polar surface area (TPSA) is 66.5 Å². The molecule has 122 valence electrons. The fraction of sp³-hybridized carbons (Fsp3) is 0.235. The Morgan fingerprint density at radius 1 is 1.04 bits per heavy atom. The Balaban J connectivity index is 2.06. The highest BCUT2D eigenvalue weighted by atomic mass is 32.2. The molecule has 23 heavy (non-hydrogen) atoms. The van der Waals surface area contributed by atoms with Crippen LogP contribution in [0.5, 0.6) is 0 Å². The first-order valence-corrected chi connectivity index (χ1v) is 9.07. The zero-order valence-corrected chi connectivity index (χ0v) is 14.0. The van der Waals surface area contributed by atoms with E-state index in [-0.39, 0.29) is 12.5 Å². The quantitative estimate of drug-likeness (QED) is 0.881. The van der Waals surface area contributed by atoms with Gasteiger partial charge in [-0.1, -0.05) is 42.5 Å². The van der Waals surface area contributed by atoms with Crippen LogP contribution in [0.4, 0.5) is 5.69 Å². The summed E-state index contributed by atoms with van der Waals surface area (Å²) >= 11 is 0. The molecule has 0 saturated heterocycles. The van der Waals surface area contributed by atoms with Gasteiger partial charge in [0.05, 0.1) is 11.9 Å². The molecule has 0 aliphatic carbocycles. The number of nitrogens with one attached hydrogen (secondary N) is 1. The minimum atomic E-state index is -3.53. The molecule has 0 unspecified atom stereocenters. The summed E-state index contributed by atoms with van der Waals surface area (Å²) in [5.74, 6) is -0.345. The molecule has 0 saturated carbocycles. The van der Waals surface area contributed by atoms with Gasteiger partial charge in [-0.15, -0.1) is 0 Å². The average molecular weight is 332 g/mol. The normalized spacial score (nSPS) is 11.0. The molecule has 0 heterocycles. The Morgan fingerprint density at radius 3 is 2.26 bits per heavy atom. The molecule has 1 N–H and O–H groups in total. The second-order valence-corrected chi connectivity index (χ2v) is 7.22. The molecule has 5 nitrogen and oxygen atoms in total. The Kier molecular flexibility index (Phi) is 5.39. The number of carbonyl (C=O) groups is 1. The van der Waals surface area contributed by atoms with Crippen LogP contribution in [-0.2, 0) is 21.4 Å². The van der Waals surface area contributed by atoms with Crippen molar-refractivity contribution in [1.29, 1.82) is 0 Å². The van der Waals surface area contributed by atoms with E-state index in [1.807, 2.05) is 31.2 Å². The Bertz CT molecular complexity index is 773. The molecule has 2 aromatic rings. The predicted molar refractivity (Wildman–Crippen MR) is 91.7 cm³/mol. The lowest BCUT2D eigenvalue weighted by Gasteiger charge is -2.21. The van der Waals surface area contributed by atoms with Crippen LogP contribution in [-0.4, -0.2) is 27.1 Å². The van der Waals surface area contributed by atoms with E-state index in [4.69, 9.17) is 0 Å². The van der Waals surface area contributed by atoms with Gasteiger partial charge in [0.2, 0.25) is 15.9 Å². The number of para-hydroxylation sites is 1. The van der Waals surface area contributed by atoms with Gasteiger partial charge in [0, 0.05) is 6.54 Å². The molecule has 0 spiro atoms. The highest BCUT2D eigenvalue weighted by Crippen LogP contribution is 2.16. The van der Waals surface area contributed by atoms with E-state index in [0.29, 0.717) is 12.2 Å². The summed E-state index contributed by atoms with van der Waals surface area (Å²) in [6.07, 6.45) is 1.09. The number of aryl methyl sites for hydroxylation is 1. The van der Waals surface area contributed by atoms with Crippen molar-refractivity contribution in [1.82, 2.24) is 5.32 Å². The van der Waals surface area contributed by atoms with E-state index < -0.39 is 10.0 Å². The molecule has 0 aromatic heterocycles. The Labute approximate surface area is 137 Å². The minimum Gasteiger partial charge on any atom is -0.350 e. The van der Waals surface area contributed by atoms with Crippen LogP contribution in [0.25, 0.3) is 0 Å². The molecule has 0 fully saturated rings. The van der Waals surface area contributed by atoms with E-state index in [9.17, 15) is 13.2 Å². The van der Waals surface area contributed by atoms with E-state index in [2.05, 4.69) is 5.32 Å². The third-order valence-corrected chi connectivity index (χ3v) is 4.61. The number of rotatable bonds is 6. The lowest BCUT2D eigenvalue weighted by Crippen LogP contribution is -2.40. The predicted octanol–water partition coefficient (Wildman–Crippen LogP) is 2.08. The largest absolute Gasteiger partial charge is 0.350 e. The van der Waals surface area contributed by atoms with Crippen LogP contribution in [0.3, 0.4) is 0 Å². The van der Waals surface area contributed by atoms with Crippen molar-refractivity contribution in [2.45, 2.75) is 13.5 Å². The first kappa shape index (κ1) is 17.0. The molecule has 1 amide bonds. The van der Waals surface area contributed by atoms with Crippen LogP contribution < -0.4 is 9.62 Å². The number of nitrogens with zero attached hydrogens (tertiary/aromatic N) is 1. The van der Waals surface area contributed by atoms with E-state index in [1.54, 1.807) is 30.3 Å². The highest BCUT2D eigenvalue weighted by molar-refractivity contribution is 7.92. The number of carbonyl (C=O) groups excluding carboxylic acids is 1. The molecule has 0 bridgehead atoms. The second kappa shape index (κ2) is 7.28.